The highest BCUT2D eigenvalue weighted by molar-refractivity contribution is 9.10. The second-order valence-electron chi connectivity index (χ2n) is 5.14. The van der Waals surface area contributed by atoms with Gasteiger partial charge in [-0.3, -0.25) is 9.36 Å². The first kappa shape index (κ1) is 20.7. The number of hydrogen-bond acceptors (Lipinski definition) is 5. The monoisotopic (exact) mass is 454 g/mol. The lowest BCUT2D eigenvalue weighted by molar-refractivity contribution is -0.144. The van der Waals surface area contributed by atoms with Gasteiger partial charge >= 0.3 is 17.8 Å². The Labute approximate surface area is 156 Å². The zero-order valence-electron chi connectivity index (χ0n) is 13.8. The molecule has 1 aromatic heterocycles. The molecule has 0 N–H and O–H groups in total. The van der Waals surface area contributed by atoms with Crippen molar-refractivity contribution in [2.24, 2.45) is 7.05 Å². The van der Waals surface area contributed by atoms with E-state index in [1.807, 2.05) is 0 Å². The van der Waals surface area contributed by atoms with Gasteiger partial charge in [-0.15, -0.1) is 0 Å². The lowest BCUT2D eigenvalue weighted by Gasteiger charge is -2.15. The Balaban J connectivity index is 2.65. The Morgan fingerprint density at radius 3 is 2.41 bits per heavy atom. The first-order valence-corrected chi connectivity index (χ1v) is 7.86. The van der Waals surface area contributed by atoms with Crippen LogP contribution in [0.25, 0.3) is 5.69 Å². The number of methoxy groups -OCH3 is 1. The second-order valence-corrected chi connectivity index (χ2v) is 6.00. The Morgan fingerprint density at radius 2 is 1.85 bits per heavy atom. The van der Waals surface area contributed by atoms with Crippen LogP contribution in [0.15, 0.2) is 32.3 Å². The van der Waals surface area contributed by atoms with Crippen LogP contribution in [0.5, 0.6) is 5.75 Å². The van der Waals surface area contributed by atoms with Crippen LogP contribution in [0.3, 0.4) is 0 Å². The summed E-state index contributed by atoms with van der Waals surface area (Å²) in [5.41, 5.74) is -4.91. The molecule has 0 fully saturated rings. The number of halogens is 5. The molecular formula is C15H11BrF4N2O5. The van der Waals surface area contributed by atoms with Gasteiger partial charge in [-0.1, -0.05) is 0 Å². The van der Waals surface area contributed by atoms with Crippen molar-refractivity contribution in [3.8, 4) is 11.4 Å². The van der Waals surface area contributed by atoms with Crippen LogP contribution in [-0.4, -0.2) is 28.8 Å². The molecule has 0 radical (unpaired) electrons. The highest BCUT2D eigenvalue weighted by atomic mass is 79.9. The van der Waals surface area contributed by atoms with E-state index >= 15 is 0 Å². The largest absolute Gasteiger partial charge is 0.481 e. The Bertz CT molecular complexity index is 1010. The van der Waals surface area contributed by atoms with Crippen LogP contribution in [0.2, 0.25) is 0 Å². The van der Waals surface area contributed by atoms with Gasteiger partial charge in [0.15, 0.2) is 6.61 Å². The fourth-order valence-electron chi connectivity index (χ4n) is 2.12. The normalized spacial score (nSPS) is 11.4. The molecule has 7 nitrogen and oxygen atoms in total. The van der Waals surface area contributed by atoms with Gasteiger partial charge in [0.25, 0.3) is 5.56 Å². The third kappa shape index (κ3) is 4.21. The van der Waals surface area contributed by atoms with Gasteiger partial charge in [0.1, 0.15) is 17.3 Å². The van der Waals surface area contributed by atoms with Gasteiger partial charge in [0, 0.05) is 19.2 Å². The smallest absolute Gasteiger partial charge is 0.431 e. The zero-order chi connectivity index (χ0) is 20.5. The molecule has 0 unspecified atom stereocenters. The summed E-state index contributed by atoms with van der Waals surface area (Å²) in [4.78, 5) is 35.5. The molecule has 0 atom stereocenters. The van der Waals surface area contributed by atoms with Crippen molar-refractivity contribution in [3.05, 3.63) is 55.0 Å². The topological polar surface area (TPSA) is 79.5 Å². The summed E-state index contributed by atoms with van der Waals surface area (Å²) < 4.78 is 62.9. The summed E-state index contributed by atoms with van der Waals surface area (Å²) in [5.74, 6) is -1.97. The van der Waals surface area contributed by atoms with Crippen molar-refractivity contribution >= 4 is 21.9 Å². The van der Waals surface area contributed by atoms with E-state index in [1.54, 1.807) is 0 Å². The predicted molar refractivity (Wildman–Crippen MR) is 87.5 cm³/mol. The SMILES string of the molecule is COC(=O)COc1cc(-n2c(=O)cc(C(F)(F)F)n(C)c2=O)c(F)cc1Br. The van der Waals surface area contributed by atoms with Crippen LogP contribution in [-0.2, 0) is 22.8 Å². The average molecular weight is 455 g/mol. The van der Waals surface area contributed by atoms with E-state index in [0.717, 1.165) is 26.3 Å². The van der Waals surface area contributed by atoms with Gasteiger partial charge < -0.3 is 9.47 Å². The predicted octanol–water partition coefficient (Wildman–Crippen LogP) is 2.01. The van der Waals surface area contributed by atoms with E-state index < -0.39 is 47.2 Å². The van der Waals surface area contributed by atoms with Gasteiger partial charge in [-0.2, -0.15) is 13.2 Å². The number of esters is 1. The first-order chi connectivity index (χ1) is 12.5. The number of carbonyl (C=O) groups is 1. The molecule has 1 heterocycles. The number of benzene rings is 1. The molecule has 146 valence electrons. The van der Waals surface area contributed by atoms with E-state index in [-0.39, 0.29) is 25.4 Å². The second kappa shape index (κ2) is 7.55. The molecule has 2 rings (SSSR count). The third-order valence-corrected chi connectivity index (χ3v) is 4.05. The van der Waals surface area contributed by atoms with Crippen molar-refractivity contribution < 1.29 is 31.8 Å². The maximum absolute atomic E-state index is 14.3. The lowest BCUT2D eigenvalue weighted by Crippen LogP contribution is -2.41. The summed E-state index contributed by atoms with van der Waals surface area (Å²) >= 11 is 2.98. The number of alkyl halides is 3. The van der Waals surface area contributed by atoms with Crippen molar-refractivity contribution in [1.82, 2.24) is 9.13 Å². The third-order valence-electron chi connectivity index (χ3n) is 3.43. The van der Waals surface area contributed by atoms with Crippen LogP contribution in [0, 0.1) is 5.82 Å². The summed E-state index contributed by atoms with van der Waals surface area (Å²) in [6, 6.07) is 1.92. The van der Waals surface area contributed by atoms with E-state index in [1.165, 1.54) is 0 Å². The number of nitrogens with zero attached hydrogens (tertiary/aromatic N) is 2. The molecule has 2 aromatic rings. The summed E-state index contributed by atoms with van der Waals surface area (Å²) in [7, 11) is 1.91. The molecule has 0 bridgehead atoms. The minimum absolute atomic E-state index is 0.0458. The number of rotatable bonds is 4. The Hall–Kier alpha value is -2.63. The minimum atomic E-state index is -4.95. The van der Waals surface area contributed by atoms with Crippen LogP contribution in [0.1, 0.15) is 5.69 Å². The van der Waals surface area contributed by atoms with Gasteiger partial charge in [-0.05, 0) is 22.0 Å². The van der Waals surface area contributed by atoms with Crippen LogP contribution >= 0.6 is 15.9 Å². The van der Waals surface area contributed by atoms with Crippen molar-refractivity contribution in [3.63, 3.8) is 0 Å². The van der Waals surface area contributed by atoms with E-state index in [9.17, 15) is 31.9 Å². The van der Waals surface area contributed by atoms with Crippen LogP contribution in [0.4, 0.5) is 17.6 Å². The van der Waals surface area contributed by atoms with Crippen molar-refractivity contribution in [2.45, 2.75) is 6.18 Å². The van der Waals surface area contributed by atoms with Gasteiger partial charge in [-0.25, -0.2) is 18.5 Å². The van der Waals surface area contributed by atoms with Crippen molar-refractivity contribution in [1.29, 1.82) is 0 Å². The van der Waals surface area contributed by atoms with Gasteiger partial charge in [0.2, 0.25) is 0 Å². The molecule has 0 aliphatic heterocycles. The fraction of sp³-hybridized carbons (Fsp3) is 0.267. The quantitative estimate of drug-likeness (QED) is 0.521. The number of ether oxygens (including phenoxy) is 2. The average Bonchev–Trinajstić information content (AvgIpc) is 2.57. The molecule has 0 spiro atoms. The molecule has 0 amide bonds. The molecule has 0 aliphatic rings. The molecule has 0 aliphatic carbocycles. The first-order valence-electron chi connectivity index (χ1n) is 7.06. The number of carbonyl (C=O) groups excluding carboxylic acids is 1. The highest BCUT2D eigenvalue weighted by Crippen LogP contribution is 2.30. The summed E-state index contributed by atoms with van der Waals surface area (Å²) in [6.45, 7) is -0.555. The lowest BCUT2D eigenvalue weighted by atomic mass is 10.2. The molecular weight excluding hydrogens is 444 g/mol. The maximum atomic E-state index is 14.3. The van der Waals surface area contributed by atoms with E-state index in [4.69, 9.17) is 4.74 Å². The zero-order valence-corrected chi connectivity index (χ0v) is 15.4. The fourth-order valence-corrected chi connectivity index (χ4v) is 2.55. The molecule has 0 saturated heterocycles. The molecule has 27 heavy (non-hydrogen) atoms. The Morgan fingerprint density at radius 1 is 1.22 bits per heavy atom. The number of hydrogen-bond donors (Lipinski definition) is 0. The molecule has 0 saturated carbocycles. The van der Waals surface area contributed by atoms with Crippen molar-refractivity contribution in [2.75, 3.05) is 13.7 Å². The maximum Gasteiger partial charge on any atom is 0.431 e. The highest BCUT2D eigenvalue weighted by Gasteiger charge is 2.35. The minimum Gasteiger partial charge on any atom is -0.481 e. The van der Waals surface area contributed by atoms with Crippen LogP contribution < -0.4 is 16.0 Å². The molecule has 1 aromatic carbocycles. The summed E-state index contributed by atoms with van der Waals surface area (Å²) in [5, 5.41) is 0. The standard InChI is InChI=1S/C15H11BrF4N2O5/c1-21-11(15(18,19)20)5-12(23)22(14(21)25)9-4-10(7(16)3-8(9)17)27-6-13(24)26-2/h3-5H,6H2,1-2H3. The Kier molecular flexibility index (Phi) is 5.78. The molecule has 12 heteroatoms. The number of aromatic nitrogens is 2. The van der Waals surface area contributed by atoms with Gasteiger partial charge in [0.05, 0.1) is 17.3 Å². The summed E-state index contributed by atoms with van der Waals surface area (Å²) in [6.07, 6.45) is -4.95. The van der Waals surface area contributed by atoms with E-state index in [0.29, 0.717) is 0 Å². The van der Waals surface area contributed by atoms with E-state index in [2.05, 4.69) is 20.7 Å².